The van der Waals surface area contributed by atoms with Gasteiger partial charge in [-0.1, -0.05) is 30.3 Å². The van der Waals surface area contributed by atoms with Crippen molar-refractivity contribution in [3.63, 3.8) is 0 Å². The van der Waals surface area contributed by atoms with Crippen LogP contribution in [-0.4, -0.2) is 22.4 Å². The third kappa shape index (κ3) is 3.67. The number of hydrogen-bond acceptors (Lipinski definition) is 6. The lowest BCUT2D eigenvalue weighted by Gasteiger charge is -2.24. The summed E-state index contributed by atoms with van der Waals surface area (Å²) in [6, 6.07) is 20.7. The van der Waals surface area contributed by atoms with Gasteiger partial charge in [-0.25, -0.2) is 4.98 Å². The van der Waals surface area contributed by atoms with Crippen molar-refractivity contribution < 1.29 is 18.7 Å². The Kier molecular flexibility index (Phi) is 4.73. The van der Waals surface area contributed by atoms with Crippen molar-refractivity contribution in [3.8, 4) is 28.7 Å². The van der Waals surface area contributed by atoms with Gasteiger partial charge < -0.3 is 13.9 Å². The highest BCUT2D eigenvalue weighted by atomic mass is 16.5. The summed E-state index contributed by atoms with van der Waals surface area (Å²) in [7, 11) is 0. The van der Waals surface area contributed by atoms with Gasteiger partial charge in [0.05, 0.1) is 18.7 Å². The van der Waals surface area contributed by atoms with E-state index < -0.39 is 0 Å². The minimum Gasteiger partial charge on any atom is -0.492 e. The van der Waals surface area contributed by atoms with Gasteiger partial charge in [0.2, 0.25) is 5.78 Å². The summed E-state index contributed by atoms with van der Waals surface area (Å²) in [5.41, 5.74) is 1.59. The third-order valence-corrected chi connectivity index (χ3v) is 4.93. The van der Waals surface area contributed by atoms with Crippen LogP contribution >= 0.6 is 0 Å². The van der Waals surface area contributed by atoms with Gasteiger partial charge in [0.25, 0.3) is 5.89 Å². The Labute approximate surface area is 173 Å². The van der Waals surface area contributed by atoms with Crippen molar-refractivity contribution >= 4 is 5.78 Å². The van der Waals surface area contributed by atoms with Crippen LogP contribution in [0.5, 0.6) is 17.2 Å². The Morgan fingerprint density at radius 1 is 0.967 bits per heavy atom. The van der Waals surface area contributed by atoms with Crippen LogP contribution in [-0.2, 0) is 6.42 Å². The Morgan fingerprint density at radius 3 is 2.67 bits per heavy atom. The first-order chi connectivity index (χ1) is 14.8. The van der Waals surface area contributed by atoms with Crippen LogP contribution in [0.25, 0.3) is 11.5 Å². The topological polar surface area (TPSA) is 74.5 Å². The minimum absolute atomic E-state index is 0.0803. The fraction of sp³-hybridized carbons (Fsp3) is 0.125. The van der Waals surface area contributed by atoms with Crippen LogP contribution in [0.3, 0.4) is 0 Å². The maximum Gasteiger partial charge on any atom is 0.264 e. The van der Waals surface area contributed by atoms with Crippen LogP contribution in [0, 0.1) is 5.92 Å². The summed E-state index contributed by atoms with van der Waals surface area (Å²) in [5, 5.41) is 0. The third-order valence-electron chi connectivity index (χ3n) is 4.93. The Morgan fingerprint density at radius 2 is 1.83 bits per heavy atom. The summed E-state index contributed by atoms with van der Waals surface area (Å²) < 4.78 is 17.4. The van der Waals surface area contributed by atoms with Crippen molar-refractivity contribution in [2.24, 2.45) is 5.92 Å². The fourth-order valence-corrected chi connectivity index (χ4v) is 3.40. The minimum atomic E-state index is -0.353. The van der Waals surface area contributed by atoms with Gasteiger partial charge in [0.15, 0.2) is 5.76 Å². The van der Waals surface area contributed by atoms with Gasteiger partial charge in [-0.3, -0.25) is 9.78 Å². The molecule has 6 nitrogen and oxygen atoms in total. The summed E-state index contributed by atoms with van der Waals surface area (Å²) in [6.45, 7) is 0.266. The number of rotatable bonds is 5. The van der Waals surface area contributed by atoms with E-state index in [1.165, 1.54) is 6.20 Å². The molecule has 1 aliphatic rings. The highest BCUT2D eigenvalue weighted by Gasteiger charge is 2.30. The van der Waals surface area contributed by atoms with Gasteiger partial charge in [-0.2, -0.15) is 0 Å². The number of ketones is 1. The van der Waals surface area contributed by atoms with E-state index in [9.17, 15) is 4.79 Å². The van der Waals surface area contributed by atoms with Crippen LogP contribution < -0.4 is 9.47 Å². The van der Waals surface area contributed by atoms with Gasteiger partial charge in [-0.15, -0.1) is 0 Å². The quantitative estimate of drug-likeness (QED) is 0.442. The molecule has 1 aliphatic heterocycles. The molecule has 0 spiro atoms. The highest BCUT2D eigenvalue weighted by Crippen LogP contribution is 2.34. The van der Waals surface area contributed by atoms with E-state index in [1.54, 1.807) is 6.20 Å². The molecule has 0 saturated heterocycles. The number of carbonyl (C=O) groups excluding carboxylic acids is 1. The Hall–Kier alpha value is -3.93. The normalized spacial score (nSPS) is 15.1. The molecule has 0 saturated carbocycles. The van der Waals surface area contributed by atoms with Crippen LogP contribution in [0.2, 0.25) is 0 Å². The molecular weight excluding hydrogens is 380 g/mol. The molecule has 6 heteroatoms. The smallest absolute Gasteiger partial charge is 0.264 e. The summed E-state index contributed by atoms with van der Waals surface area (Å²) >= 11 is 0. The molecule has 2 aromatic carbocycles. The summed E-state index contributed by atoms with van der Waals surface area (Å²) in [6.07, 6.45) is 3.75. The van der Waals surface area contributed by atoms with E-state index in [1.807, 2.05) is 66.7 Å². The number of hydrogen-bond donors (Lipinski definition) is 0. The van der Waals surface area contributed by atoms with Gasteiger partial charge in [0.1, 0.15) is 22.9 Å². The molecule has 1 atom stereocenters. The average molecular weight is 398 g/mol. The molecule has 5 rings (SSSR count). The molecule has 2 aromatic heterocycles. The van der Waals surface area contributed by atoms with Crippen molar-refractivity contribution in [1.82, 2.24) is 9.97 Å². The second kappa shape index (κ2) is 7.83. The molecule has 4 aromatic rings. The van der Waals surface area contributed by atoms with E-state index in [2.05, 4.69) is 9.97 Å². The molecule has 0 bridgehead atoms. The van der Waals surface area contributed by atoms with Crippen LogP contribution in [0.4, 0.5) is 0 Å². The molecule has 30 heavy (non-hydrogen) atoms. The van der Waals surface area contributed by atoms with Gasteiger partial charge in [-0.05, 0) is 42.3 Å². The van der Waals surface area contributed by atoms with Crippen LogP contribution in [0.15, 0.2) is 83.5 Å². The second-order valence-electron chi connectivity index (χ2n) is 7.01. The number of nitrogens with zero attached hydrogens (tertiary/aromatic N) is 2. The first-order valence-electron chi connectivity index (χ1n) is 9.66. The molecule has 0 fully saturated rings. The van der Waals surface area contributed by atoms with Crippen molar-refractivity contribution in [2.45, 2.75) is 6.42 Å². The number of pyridine rings is 1. The maximum atomic E-state index is 12.9. The van der Waals surface area contributed by atoms with Gasteiger partial charge >= 0.3 is 0 Å². The van der Waals surface area contributed by atoms with E-state index in [-0.39, 0.29) is 24.2 Å². The number of carbonyl (C=O) groups is 1. The van der Waals surface area contributed by atoms with Crippen molar-refractivity contribution in [1.29, 1.82) is 0 Å². The zero-order valence-corrected chi connectivity index (χ0v) is 16.0. The molecular formula is C24H18N2O4. The second-order valence-corrected chi connectivity index (χ2v) is 7.01. The lowest BCUT2D eigenvalue weighted by atomic mass is 9.93. The molecule has 0 unspecified atom stereocenters. The van der Waals surface area contributed by atoms with E-state index >= 15 is 0 Å². The Balaban J connectivity index is 1.30. The van der Waals surface area contributed by atoms with Crippen molar-refractivity contribution in [3.05, 3.63) is 90.6 Å². The zero-order chi connectivity index (χ0) is 20.3. The average Bonchev–Trinajstić information content (AvgIpc) is 3.30. The fourth-order valence-electron chi connectivity index (χ4n) is 3.40. The first kappa shape index (κ1) is 18.1. The summed E-state index contributed by atoms with van der Waals surface area (Å²) in [4.78, 5) is 21.3. The standard InChI is InChI=1S/C24H18N2O4/c27-23(24-26-14-22(30-24)20-8-4-5-11-25-20)17-12-16-9-10-19(13-21(16)28-15-17)29-18-6-2-1-3-7-18/h1-11,13-14,17H,12,15H2/t17-/m1/s1. The Bertz CT molecular complexity index is 1170. The molecule has 0 amide bonds. The largest absolute Gasteiger partial charge is 0.492 e. The van der Waals surface area contributed by atoms with Crippen LogP contribution in [0.1, 0.15) is 16.2 Å². The molecule has 148 valence electrons. The monoisotopic (exact) mass is 398 g/mol. The number of Topliss-reactive ketones (excluding diaryl/α,β-unsaturated/α-hetero) is 1. The number of benzene rings is 2. The highest BCUT2D eigenvalue weighted by molar-refractivity contribution is 5.94. The number of fused-ring (bicyclic) bond motifs is 1. The SMILES string of the molecule is O=C(c1ncc(-c2ccccn2)o1)[C@H]1COc2cc(Oc3ccccc3)ccc2C1. The lowest BCUT2D eigenvalue weighted by Crippen LogP contribution is -2.28. The van der Waals surface area contributed by atoms with E-state index in [0.717, 1.165) is 17.1 Å². The number of aromatic nitrogens is 2. The summed E-state index contributed by atoms with van der Waals surface area (Å²) in [5.74, 6) is 2.21. The number of ether oxygens (including phenoxy) is 2. The number of oxazole rings is 1. The molecule has 0 N–H and O–H groups in total. The number of para-hydroxylation sites is 1. The molecule has 0 aliphatic carbocycles. The predicted molar refractivity (Wildman–Crippen MR) is 110 cm³/mol. The van der Waals surface area contributed by atoms with Crippen molar-refractivity contribution in [2.75, 3.05) is 6.61 Å². The maximum absolute atomic E-state index is 12.9. The lowest BCUT2D eigenvalue weighted by molar-refractivity contribution is 0.0819. The zero-order valence-electron chi connectivity index (χ0n) is 16.0. The predicted octanol–water partition coefficient (Wildman–Crippen LogP) is 4.96. The molecule has 0 radical (unpaired) electrons. The van der Waals surface area contributed by atoms with E-state index in [4.69, 9.17) is 13.9 Å². The first-order valence-corrected chi connectivity index (χ1v) is 9.66. The van der Waals surface area contributed by atoms with Gasteiger partial charge in [0, 0.05) is 12.3 Å². The van der Waals surface area contributed by atoms with E-state index in [0.29, 0.717) is 23.6 Å². The molecule has 3 heterocycles.